The fraction of sp³-hybridized carbons (Fsp3) is 1.00. The second-order valence-corrected chi connectivity index (χ2v) is 5.64. The minimum absolute atomic E-state index is 0.376. The van der Waals surface area contributed by atoms with Gasteiger partial charge in [-0.3, -0.25) is 4.90 Å². The number of ether oxygens (including phenoxy) is 2. The van der Waals surface area contributed by atoms with E-state index in [-0.39, 0.29) is 0 Å². The maximum absolute atomic E-state index is 5.88. The van der Waals surface area contributed by atoms with Gasteiger partial charge in [-0.2, -0.15) is 0 Å². The molecule has 108 valence electrons. The van der Waals surface area contributed by atoms with Gasteiger partial charge in [0.15, 0.2) is 0 Å². The van der Waals surface area contributed by atoms with Crippen LogP contribution in [0.2, 0.25) is 0 Å². The van der Waals surface area contributed by atoms with Crippen LogP contribution in [0.15, 0.2) is 0 Å². The number of methoxy groups -OCH3 is 1. The van der Waals surface area contributed by atoms with E-state index < -0.39 is 0 Å². The van der Waals surface area contributed by atoms with Crippen molar-refractivity contribution in [3.63, 3.8) is 0 Å². The van der Waals surface area contributed by atoms with Crippen molar-refractivity contribution in [1.82, 2.24) is 9.80 Å². The summed E-state index contributed by atoms with van der Waals surface area (Å²) in [5.74, 6) is 0. The minimum Gasteiger partial charge on any atom is -0.383 e. The van der Waals surface area contributed by atoms with Gasteiger partial charge in [0, 0.05) is 38.8 Å². The lowest BCUT2D eigenvalue weighted by molar-refractivity contribution is -0.0509. The predicted octanol–water partition coefficient (Wildman–Crippen LogP) is 1.45. The molecule has 4 nitrogen and oxygen atoms in total. The standard InChI is InChI=1S/C14H30N2O2/c1-12(2)16-7-9-18-14(11-16)10-13(3)15(4)6-8-17-5/h12-14H,6-11H2,1-5H3. The summed E-state index contributed by atoms with van der Waals surface area (Å²) in [6, 6.07) is 1.16. The largest absolute Gasteiger partial charge is 0.383 e. The first-order chi connectivity index (χ1) is 8.54. The van der Waals surface area contributed by atoms with Gasteiger partial charge in [0.25, 0.3) is 0 Å². The Morgan fingerprint density at radius 2 is 2.11 bits per heavy atom. The normalized spacial score (nSPS) is 23.8. The Morgan fingerprint density at radius 3 is 2.72 bits per heavy atom. The van der Waals surface area contributed by atoms with E-state index in [1.807, 2.05) is 0 Å². The van der Waals surface area contributed by atoms with Crippen LogP contribution in [0.1, 0.15) is 27.2 Å². The maximum Gasteiger partial charge on any atom is 0.0717 e. The molecule has 4 heteroatoms. The number of hydrogen-bond donors (Lipinski definition) is 0. The van der Waals surface area contributed by atoms with E-state index >= 15 is 0 Å². The molecule has 0 aromatic heterocycles. The molecule has 2 atom stereocenters. The average Bonchev–Trinajstić information content (AvgIpc) is 2.36. The minimum atomic E-state index is 0.376. The van der Waals surface area contributed by atoms with Crippen LogP contribution in [0.3, 0.4) is 0 Å². The zero-order valence-corrected chi connectivity index (χ0v) is 12.7. The van der Waals surface area contributed by atoms with Gasteiger partial charge in [0.05, 0.1) is 19.3 Å². The van der Waals surface area contributed by atoms with Gasteiger partial charge in [0.1, 0.15) is 0 Å². The Balaban J connectivity index is 2.32. The quantitative estimate of drug-likeness (QED) is 0.690. The van der Waals surface area contributed by atoms with Gasteiger partial charge in [-0.25, -0.2) is 0 Å². The highest BCUT2D eigenvalue weighted by Crippen LogP contribution is 2.15. The molecule has 1 rings (SSSR count). The highest BCUT2D eigenvalue weighted by Gasteiger charge is 2.24. The van der Waals surface area contributed by atoms with Crippen molar-refractivity contribution >= 4 is 0 Å². The lowest BCUT2D eigenvalue weighted by atomic mass is 10.1. The molecular weight excluding hydrogens is 228 g/mol. The number of morpholine rings is 1. The first kappa shape index (κ1) is 15.9. The molecule has 1 saturated heterocycles. The third kappa shape index (κ3) is 5.22. The third-order valence-corrected chi connectivity index (χ3v) is 3.91. The fourth-order valence-electron chi connectivity index (χ4n) is 2.37. The Morgan fingerprint density at radius 1 is 1.39 bits per heavy atom. The average molecular weight is 258 g/mol. The SMILES string of the molecule is COCCN(C)C(C)CC1CN(C(C)C)CCO1. The highest BCUT2D eigenvalue weighted by molar-refractivity contribution is 4.78. The molecule has 18 heavy (non-hydrogen) atoms. The molecule has 1 aliphatic rings. The molecule has 0 bridgehead atoms. The van der Waals surface area contributed by atoms with Gasteiger partial charge in [-0.15, -0.1) is 0 Å². The molecule has 0 aromatic carbocycles. The van der Waals surface area contributed by atoms with Crippen molar-refractivity contribution in [2.45, 2.75) is 45.4 Å². The molecule has 0 amide bonds. The van der Waals surface area contributed by atoms with Crippen molar-refractivity contribution in [1.29, 1.82) is 0 Å². The van der Waals surface area contributed by atoms with Crippen LogP contribution in [-0.2, 0) is 9.47 Å². The molecule has 0 N–H and O–H groups in total. The third-order valence-electron chi connectivity index (χ3n) is 3.91. The molecule has 0 aliphatic carbocycles. The van der Waals surface area contributed by atoms with E-state index in [2.05, 4.69) is 37.6 Å². The van der Waals surface area contributed by atoms with E-state index in [0.29, 0.717) is 18.2 Å². The Bertz CT molecular complexity index is 224. The van der Waals surface area contributed by atoms with Crippen molar-refractivity contribution in [2.75, 3.05) is 47.0 Å². The van der Waals surface area contributed by atoms with Crippen molar-refractivity contribution in [3.05, 3.63) is 0 Å². The Labute approximate surface area is 112 Å². The maximum atomic E-state index is 5.88. The fourth-order valence-corrected chi connectivity index (χ4v) is 2.37. The van der Waals surface area contributed by atoms with E-state index in [1.54, 1.807) is 7.11 Å². The molecule has 1 fully saturated rings. The lowest BCUT2D eigenvalue weighted by Gasteiger charge is -2.37. The lowest BCUT2D eigenvalue weighted by Crippen LogP contribution is -2.47. The Hall–Kier alpha value is -0.160. The van der Waals surface area contributed by atoms with Crippen LogP contribution in [-0.4, -0.2) is 75.0 Å². The van der Waals surface area contributed by atoms with Crippen LogP contribution in [0.5, 0.6) is 0 Å². The zero-order chi connectivity index (χ0) is 13.5. The second-order valence-electron chi connectivity index (χ2n) is 5.64. The van der Waals surface area contributed by atoms with E-state index in [0.717, 1.165) is 39.3 Å². The monoisotopic (exact) mass is 258 g/mol. The van der Waals surface area contributed by atoms with Crippen molar-refractivity contribution in [2.24, 2.45) is 0 Å². The number of rotatable bonds is 7. The van der Waals surface area contributed by atoms with Gasteiger partial charge in [-0.1, -0.05) is 0 Å². The smallest absolute Gasteiger partial charge is 0.0717 e. The second kappa shape index (κ2) is 8.10. The summed E-state index contributed by atoms with van der Waals surface area (Å²) in [7, 11) is 3.91. The van der Waals surface area contributed by atoms with Crippen LogP contribution in [0, 0.1) is 0 Å². The first-order valence-corrected chi connectivity index (χ1v) is 7.09. The summed E-state index contributed by atoms with van der Waals surface area (Å²) in [5.41, 5.74) is 0. The first-order valence-electron chi connectivity index (χ1n) is 7.09. The Kier molecular flexibility index (Phi) is 7.15. The van der Waals surface area contributed by atoms with Crippen LogP contribution in [0.4, 0.5) is 0 Å². The summed E-state index contributed by atoms with van der Waals surface area (Å²) in [4.78, 5) is 4.86. The summed E-state index contributed by atoms with van der Waals surface area (Å²) in [6.45, 7) is 11.6. The molecule has 0 spiro atoms. The topological polar surface area (TPSA) is 24.9 Å². The predicted molar refractivity (Wildman–Crippen MR) is 75.0 cm³/mol. The number of nitrogens with zero attached hydrogens (tertiary/aromatic N) is 2. The molecule has 1 heterocycles. The van der Waals surface area contributed by atoms with Gasteiger partial charge in [0.2, 0.25) is 0 Å². The van der Waals surface area contributed by atoms with Crippen molar-refractivity contribution in [3.8, 4) is 0 Å². The van der Waals surface area contributed by atoms with Crippen LogP contribution >= 0.6 is 0 Å². The van der Waals surface area contributed by atoms with E-state index in [1.165, 1.54) is 0 Å². The number of hydrogen-bond acceptors (Lipinski definition) is 4. The van der Waals surface area contributed by atoms with Gasteiger partial charge >= 0.3 is 0 Å². The van der Waals surface area contributed by atoms with Gasteiger partial charge in [-0.05, 0) is 34.2 Å². The van der Waals surface area contributed by atoms with Crippen molar-refractivity contribution < 1.29 is 9.47 Å². The molecule has 1 aliphatic heterocycles. The molecule has 2 unspecified atom stereocenters. The van der Waals surface area contributed by atoms with Crippen LogP contribution < -0.4 is 0 Å². The molecular formula is C14H30N2O2. The number of likely N-dealkylation sites (N-methyl/N-ethyl adjacent to an activating group) is 1. The van der Waals surface area contributed by atoms with Gasteiger partial charge < -0.3 is 14.4 Å². The highest BCUT2D eigenvalue weighted by atomic mass is 16.5. The van der Waals surface area contributed by atoms with E-state index in [9.17, 15) is 0 Å². The molecule has 0 radical (unpaired) electrons. The summed E-state index contributed by atoms with van der Waals surface area (Å²) in [5, 5.41) is 0. The summed E-state index contributed by atoms with van der Waals surface area (Å²) in [6.07, 6.45) is 1.48. The molecule has 0 saturated carbocycles. The van der Waals surface area contributed by atoms with Crippen LogP contribution in [0.25, 0.3) is 0 Å². The van der Waals surface area contributed by atoms with E-state index in [4.69, 9.17) is 9.47 Å². The zero-order valence-electron chi connectivity index (χ0n) is 12.7. The summed E-state index contributed by atoms with van der Waals surface area (Å²) < 4.78 is 11.0. The summed E-state index contributed by atoms with van der Waals surface area (Å²) >= 11 is 0. The molecule has 0 aromatic rings.